The molecule has 0 saturated carbocycles. The largest absolute Gasteiger partial charge is 0.491 e. The Morgan fingerprint density at radius 1 is 0.900 bits per heavy atom. The van der Waals surface area contributed by atoms with Gasteiger partial charge in [0.05, 0.1) is 13.2 Å². The fraction of sp³-hybridized carbons (Fsp3) is 0.391. The van der Waals surface area contributed by atoms with E-state index in [1.54, 1.807) is 24.3 Å². The first-order valence-corrected chi connectivity index (χ1v) is 10.3. The number of amides is 2. The maximum atomic E-state index is 12.2. The van der Waals surface area contributed by atoms with Crippen LogP contribution in [0.2, 0.25) is 0 Å². The van der Waals surface area contributed by atoms with Crippen LogP contribution in [-0.4, -0.2) is 44.7 Å². The van der Waals surface area contributed by atoms with Gasteiger partial charge in [0.1, 0.15) is 12.4 Å². The molecule has 2 amide bonds. The van der Waals surface area contributed by atoms with Gasteiger partial charge in [0, 0.05) is 30.1 Å². The van der Waals surface area contributed by atoms with Crippen LogP contribution < -0.4 is 20.7 Å². The van der Waals surface area contributed by atoms with Crippen molar-refractivity contribution in [2.24, 2.45) is 0 Å². The van der Waals surface area contributed by atoms with E-state index in [9.17, 15) is 9.59 Å². The van der Waals surface area contributed by atoms with Gasteiger partial charge in [0.15, 0.2) is 0 Å². The molecule has 0 radical (unpaired) electrons. The van der Waals surface area contributed by atoms with Crippen LogP contribution in [0.5, 0.6) is 5.75 Å². The Labute approximate surface area is 178 Å². The summed E-state index contributed by atoms with van der Waals surface area (Å²) in [6.45, 7) is 6.55. The van der Waals surface area contributed by atoms with Gasteiger partial charge in [0.25, 0.3) is 5.91 Å². The molecule has 0 spiro atoms. The van der Waals surface area contributed by atoms with Crippen molar-refractivity contribution in [3.05, 3.63) is 54.1 Å². The van der Waals surface area contributed by atoms with Crippen LogP contribution in [0.3, 0.4) is 0 Å². The molecule has 3 N–H and O–H groups in total. The molecule has 162 valence electrons. The first-order chi connectivity index (χ1) is 14.6. The zero-order valence-electron chi connectivity index (χ0n) is 17.7. The quantitative estimate of drug-likeness (QED) is 0.436. The van der Waals surface area contributed by atoms with Crippen molar-refractivity contribution in [2.75, 3.05) is 43.5 Å². The second-order valence-electron chi connectivity index (χ2n) is 6.66. The molecule has 0 atom stereocenters. The molecule has 0 aliphatic carbocycles. The third-order valence-electron chi connectivity index (χ3n) is 4.25. The number of hydrogen-bond donors (Lipinski definition) is 3. The highest BCUT2D eigenvalue weighted by Gasteiger charge is 2.06. The average molecular weight is 414 g/mol. The Bertz CT molecular complexity index is 776. The molecule has 2 rings (SSSR count). The lowest BCUT2D eigenvalue weighted by Crippen LogP contribution is -2.24. The normalized spacial score (nSPS) is 10.3. The second kappa shape index (κ2) is 13.2. The highest BCUT2D eigenvalue weighted by molar-refractivity contribution is 5.96. The van der Waals surface area contributed by atoms with Crippen LogP contribution in [0.1, 0.15) is 37.0 Å². The number of benzene rings is 2. The fourth-order valence-corrected chi connectivity index (χ4v) is 2.61. The number of hydrogen-bond acceptors (Lipinski definition) is 5. The second-order valence-corrected chi connectivity index (χ2v) is 6.66. The van der Waals surface area contributed by atoms with Crippen LogP contribution in [0, 0.1) is 0 Å². The van der Waals surface area contributed by atoms with Gasteiger partial charge < -0.3 is 25.4 Å². The minimum Gasteiger partial charge on any atom is -0.491 e. The summed E-state index contributed by atoms with van der Waals surface area (Å²) in [6, 6.07) is 14.3. The molecule has 7 nitrogen and oxygen atoms in total. The predicted molar refractivity (Wildman–Crippen MR) is 119 cm³/mol. The van der Waals surface area contributed by atoms with Gasteiger partial charge in [-0.3, -0.25) is 9.59 Å². The van der Waals surface area contributed by atoms with Crippen molar-refractivity contribution in [1.82, 2.24) is 5.32 Å². The van der Waals surface area contributed by atoms with E-state index in [2.05, 4.69) is 22.9 Å². The lowest BCUT2D eigenvalue weighted by atomic mass is 10.2. The molecule has 0 aliphatic rings. The number of anilines is 2. The zero-order valence-corrected chi connectivity index (χ0v) is 17.7. The lowest BCUT2D eigenvalue weighted by molar-refractivity contribution is -0.114. The number of carbonyl (C=O) groups is 2. The molecule has 0 aromatic heterocycles. The molecule has 0 heterocycles. The van der Waals surface area contributed by atoms with Crippen LogP contribution in [-0.2, 0) is 9.53 Å². The molecule has 2 aromatic carbocycles. The number of ether oxygens (including phenoxy) is 2. The van der Waals surface area contributed by atoms with Gasteiger partial charge in [-0.05, 0) is 61.9 Å². The van der Waals surface area contributed by atoms with E-state index in [4.69, 9.17) is 9.47 Å². The Morgan fingerprint density at radius 2 is 1.60 bits per heavy atom. The van der Waals surface area contributed by atoms with Crippen molar-refractivity contribution >= 4 is 23.2 Å². The predicted octanol–water partition coefficient (Wildman–Crippen LogP) is 3.68. The highest BCUT2D eigenvalue weighted by Crippen LogP contribution is 2.15. The van der Waals surface area contributed by atoms with Gasteiger partial charge in [-0.25, -0.2) is 0 Å². The smallest absolute Gasteiger partial charge is 0.251 e. The third-order valence-corrected chi connectivity index (χ3v) is 4.25. The van der Waals surface area contributed by atoms with Crippen LogP contribution in [0.25, 0.3) is 0 Å². The average Bonchev–Trinajstić information content (AvgIpc) is 2.77. The summed E-state index contributed by atoms with van der Waals surface area (Å²) in [5.74, 6) is 0.476. The maximum Gasteiger partial charge on any atom is 0.251 e. The highest BCUT2D eigenvalue weighted by atomic mass is 16.5. The van der Waals surface area contributed by atoms with Crippen molar-refractivity contribution in [2.45, 2.75) is 26.7 Å². The summed E-state index contributed by atoms with van der Waals surface area (Å²) < 4.78 is 10.8. The summed E-state index contributed by atoms with van der Waals surface area (Å²) in [5, 5.41) is 8.75. The Kier molecular flexibility index (Phi) is 10.2. The Morgan fingerprint density at radius 3 is 2.27 bits per heavy atom. The molecule has 0 aliphatic heterocycles. The first-order valence-electron chi connectivity index (χ1n) is 10.3. The fourth-order valence-electron chi connectivity index (χ4n) is 2.61. The molecule has 30 heavy (non-hydrogen) atoms. The van der Waals surface area contributed by atoms with Crippen LogP contribution in [0.15, 0.2) is 48.5 Å². The number of nitrogens with one attached hydrogen (secondary N) is 3. The van der Waals surface area contributed by atoms with E-state index in [0.29, 0.717) is 37.6 Å². The first kappa shape index (κ1) is 23.2. The van der Waals surface area contributed by atoms with Crippen molar-refractivity contribution < 1.29 is 19.1 Å². The summed E-state index contributed by atoms with van der Waals surface area (Å²) in [7, 11) is 0. The molecule has 7 heteroatoms. The molecular formula is C23H31N3O4. The molecular weight excluding hydrogens is 382 g/mol. The van der Waals surface area contributed by atoms with Crippen LogP contribution >= 0.6 is 0 Å². The van der Waals surface area contributed by atoms with Crippen molar-refractivity contribution in [1.29, 1.82) is 0 Å². The molecule has 0 fully saturated rings. The van der Waals surface area contributed by atoms with Crippen LogP contribution in [0.4, 0.5) is 11.4 Å². The minimum absolute atomic E-state index is 0.103. The Hall–Kier alpha value is -3.06. The van der Waals surface area contributed by atoms with E-state index in [1.165, 1.54) is 0 Å². The monoisotopic (exact) mass is 413 g/mol. The van der Waals surface area contributed by atoms with Gasteiger partial charge in [0.2, 0.25) is 5.91 Å². The number of carbonyl (C=O) groups excluding carboxylic acids is 2. The van der Waals surface area contributed by atoms with E-state index in [0.717, 1.165) is 24.3 Å². The van der Waals surface area contributed by atoms with Gasteiger partial charge in [-0.2, -0.15) is 0 Å². The van der Waals surface area contributed by atoms with E-state index in [1.807, 2.05) is 31.2 Å². The van der Waals surface area contributed by atoms with E-state index in [-0.39, 0.29) is 18.4 Å². The molecule has 2 aromatic rings. The maximum absolute atomic E-state index is 12.2. The summed E-state index contributed by atoms with van der Waals surface area (Å²) in [6.07, 6.45) is 1.99. The van der Waals surface area contributed by atoms with Gasteiger partial charge >= 0.3 is 0 Å². The molecule has 0 saturated heterocycles. The standard InChI is InChI=1S/C23H31N3O4/c1-3-5-14-24-23(28)18-6-8-20(9-7-18)26-22(27)17-25-19-10-12-21(13-11-19)30-16-15-29-4-2/h6-13,25H,3-5,14-17H2,1-2H3,(H,24,28)(H,26,27). The van der Waals surface area contributed by atoms with Crippen molar-refractivity contribution in [3.63, 3.8) is 0 Å². The summed E-state index contributed by atoms with van der Waals surface area (Å²) >= 11 is 0. The minimum atomic E-state index is -0.174. The van der Waals surface area contributed by atoms with Crippen molar-refractivity contribution in [3.8, 4) is 5.75 Å². The summed E-state index contributed by atoms with van der Waals surface area (Å²) in [5.41, 5.74) is 2.04. The van der Waals surface area contributed by atoms with Gasteiger partial charge in [-0.1, -0.05) is 13.3 Å². The third kappa shape index (κ3) is 8.53. The van der Waals surface area contributed by atoms with E-state index >= 15 is 0 Å². The summed E-state index contributed by atoms with van der Waals surface area (Å²) in [4.78, 5) is 24.2. The Balaban J connectivity index is 1.73. The van der Waals surface area contributed by atoms with E-state index < -0.39 is 0 Å². The molecule has 0 unspecified atom stereocenters. The number of rotatable bonds is 13. The zero-order chi connectivity index (χ0) is 21.6. The lowest BCUT2D eigenvalue weighted by Gasteiger charge is -2.10. The molecule has 0 bridgehead atoms. The number of unbranched alkanes of at least 4 members (excludes halogenated alkanes) is 1. The van der Waals surface area contributed by atoms with Gasteiger partial charge in [-0.15, -0.1) is 0 Å². The topological polar surface area (TPSA) is 88.7 Å². The SMILES string of the molecule is CCCCNC(=O)c1ccc(NC(=O)CNc2ccc(OCCOCC)cc2)cc1.